The molecule has 0 spiro atoms. The lowest BCUT2D eigenvalue weighted by Gasteiger charge is -2.38. The predicted octanol–water partition coefficient (Wildman–Crippen LogP) is 1.40. The Balaban J connectivity index is 5.93. The molecule has 0 fully saturated rings. The summed E-state index contributed by atoms with van der Waals surface area (Å²) in [6.45, 7) is -0.697. The summed E-state index contributed by atoms with van der Waals surface area (Å²) in [5.41, 5.74) is 32.4. The molecule has 0 amide bonds. The summed E-state index contributed by atoms with van der Waals surface area (Å²) in [6, 6.07) is -2.15. The van der Waals surface area contributed by atoms with E-state index in [1.807, 2.05) is 0 Å². The molecule has 0 aliphatic heterocycles. The SMILES string of the molecule is [N-]=[N+]=NCC(CC(CCCC(=O)[O-])(CC(CN=[N+]=[N-])N=[N+]=[N-])C(=O)[O-])N=[N+]=[N-]. The summed E-state index contributed by atoms with van der Waals surface area (Å²) >= 11 is 0. The number of rotatable bonds is 15. The smallest absolute Gasteiger partial charge is 0.0476 e. The average Bonchev–Trinajstić information content (AvgIpc) is 2.63. The van der Waals surface area contributed by atoms with Gasteiger partial charge in [-0.1, -0.05) is 20.5 Å². The first-order chi connectivity index (χ1) is 13.3. The molecule has 0 heterocycles. The van der Waals surface area contributed by atoms with Gasteiger partial charge in [0.05, 0.1) is 0 Å². The quantitative estimate of drug-likeness (QED) is 0.227. The van der Waals surface area contributed by atoms with Gasteiger partial charge < -0.3 is 19.8 Å². The molecule has 0 aliphatic rings. The van der Waals surface area contributed by atoms with Crippen molar-refractivity contribution in [1.82, 2.24) is 0 Å². The molecule has 0 rings (SSSR count). The van der Waals surface area contributed by atoms with Crippen LogP contribution >= 0.6 is 0 Å². The number of carboxylic acids is 2. The van der Waals surface area contributed by atoms with E-state index in [1.54, 1.807) is 0 Å². The van der Waals surface area contributed by atoms with E-state index >= 15 is 0 Å². The van der Waals surface area contributed by atoms with Gasteiger partial charge in [-0.05, 0) is 54.2 Å². The normalized spacial score (nSPS) is 13.9. The first kappa shape index (κ1) is 24.2. The maximum absolute atomic E-state index is 12.0. The molecule has 16 nitrogen and oxygen atoms in total. The molecular weight excluding hydrogens is 376 g/mol. The number of aliphatic carboxylic acids is 2. The Hall–Kier alpha value is -3.82. The maximum atomic E-state index is 12.0. The van der Waals surface area contributed by atoms with Crippen molar-refractivity contribution in [3.63, 3.8) is 0 Å². The van der Waals surface area contributed by atoms with E-state index in [4.69, 9.17) is 22.1 Å². The number of hydrogen-bond acceptors (Lipinski definition) is 8. The Morgan fingerprint density at radius 1 is 0.857 bits per heavy atom. The predicted molar refractivity (Wildman–Crippen MR) is 89.4 cm³/mol. The Labute approximate surface area is 157 Å². The Morgan fingerprint density at radius 2 is 1.32 bits per heavy atom. The van der Waals surface area contributed by atoms with Crippen LogP contribution in [-0.4, -0.2) is 37.1 Å². The van der Waals surface area contributed by atoms with Crippen molar-refractivity contribution >= 4 is 11.9 Å². The highest BCUT2D eigenvalue weighted by atomic mass is 16.4. The average molecular weight is 392 g/mol. The summed E-state index contributed by atoms with van der Waals surface area (Å²) in [4.78, 5) is 32.8. The van der Waals surface area contributed by atoms with Crippen LogP contribution in [0.1, 0.15) is 32.1 Å². The number of hydrogen-bond donors (Lipinski definition) is 0. The molecule has 0 aromatic heterocycles. The number of carboxylic acid groups (broad SMARTS) is 2. The highest BCUT2D eigenvalue weighted by Crippen LogP contribution is 2.37. The van der Waals surface area contributed by atoms with Gasteiger partial charge in [-0.25, -0.2) is 0 Å². The third-order valence-electron chi connectivity index (χ3n) is 3.86. The first-order valence-electron chi connectivity index (χ1n) is 7.86. The summed E-state index contributed by atoms with van der Waals surface area (Å²) in [6.07, 6.45) is -1.56. The third-order valence-corrected chi connectivity index (χ3v) is 3.86. The van der Waals surface area contributed by atoms with Gasteiger partial charge in [0.25, 0.3) is 0 Å². The van der Waals surface area contributed by atoms with Gasteiger partial charge in [0, 0.05) is 62.2 Å². The van der Waals surface area contributed by atoms with Gasteiger partial charge in [0.2, 0.25) is 0 Å². The van der Waals surface area contributed by atoms with Gasteiger partial charge in [0.1, 0.15) is 0 Å². The lowest BCUT2D eigenvalue weighted by Crippen LogP contribution is -2.47. The lowest BCUT2D eigenvalue weighted by atomic mass is 9.72. The fraction of sp³-hybridized carbons (Fsp3) is 0.833. The molecule has 16 heteroatoms. The minimum Gasteiger partial charge on any atom is -0.550 e. The molecule has 0 saturated carbocycles. The number of nitrogens with zero attached hydrogens (tertiary/aromatic N) is 12. The molecule has 2 unspecified atom stereocenters. The van der Waals surface area contributed by atoms with Crippen molar-refractivity contribution in [2.24, 2.45) is 25.9 Å². The van der Waals surface area contributed by atoms with Crippen molar-refractivity contribution in [3.05, 3.63) is 41.8 Å². The zero-order chi connectivity index (χ0) is 21.4. The van der Waals surface area contributed by atoms with E-state index in [-0.39, 0.29) is 38.8 Å². The van der Waals surface area contributed by atoms with Crippen LogP contribution in [0.5, 0.6) is 0 Å². The lowest BCUT2D eigenvalue weighted by molar-refractivity contribution is -0.321. The zero-order valence-corrected chi connectivity index (χ0v) is 14.6. The van der Waals surface area contributed by atoms with Crippen molar-refractivity contribution < 1.29 is 19.8 Å². The second-order valence-corrected chi connectivity index (χ2v) is 5.75. The van der Waals surface area contributed by atoms with Gasteiger partial charge in [0.15, 0.2) is 0 Å². The molecule has 0 aliphatic carbocycles. The Bertz CT molecular complexity index is 700. The van der Waals surface area contributed by atoms with Crippen LogP contribution in [0, 0.1) is 5.41 Å². The van der Waals surface area contributed by atoms with Gasteiger partial charge >= 0.3 is 0 Å². The summed E-state index contributed by atoms with van der Waals surface area (Å²) in [7, 11) is 0. The minimum atomic E-state index is -1.80. The second kappa shape index (κ2) is 13.4. The van der Waals surface area contributed by atoms with Gasteiger partial charge in [-0.2, -0.15) is 0 Å². The number of carbonyl (C=O) groups is 2. The second-order valence-electron chi connectivity index (χ2n) is 5.75. The molecule has 150 valence electrons. The molecule has 28 heavy (non-hydrogen) atoms. The summed E-state index contributed by atoms with van der Waals surface area (Å²) in [5.74, 6) is -3.00. The van der Waals surface area contributed by atoms with Crippen LogP contribution in [0.15, 0.2) is 20.5 Å². The van der Waals surface area contributed by atoms with E-state index in [2.05, 4.69) is 40.1 Å². The van der Waals surface area contributed by atoms with Crippen LogP contribution in [0.2, 0.25) is 0 Å². The van der Waals surface area contributed by atoms with Crippen LogP contribution in [0.3, 0.4) is 0 Å². The topological polar surface area (TPSA) is 275 Å². The molecule has 0 radical (unpaired) electrons. The van der Waals surface area contributed by atoms with Crippen molar-refractivity contribution in [3.8, 4) is 0 Å². The van der Waals surface area contributed by atoms with Crippen LogP contribution < -0.4 is 10.2 Å². The van der Waals surface area contributed by atoms with Crippen molar-refractivity contribution in [2.75, 3.05) is 13.1 Å². The van der Waals surface area contributed by atoms with E-state index < -0.39 is 35.9 Å². The van der Waals surface area contributed by atoms with Crippen molar-refractivity contribution in [1.29, 1.82) is 0 Å². The monoisotopic (exact) mass is 392 g/mol. The number of azide groups is 4. The molecule has 0 N–H and O–H groups in total. The molecule has 0 aromatic carbocycles. The van der Waals surface area contributed by atoms with Crippen LogP contribution in [0.4, 0.5) is 0 Å². The molecule has 0 saturated heterocycles. The third kappa shape index (κ3) is 9.04. The van der Waals surface area contributed by atoms with E-state index in [9.17, 15) is 19.8 Å². The standard InChI is InChI=1S/C12H18N12O4/c13-21-17-6-8(19-23-15)4-12(11(27)28,3-1-2-10(25)26)5-9(20-24-16)7-18-22-14/h8-9H,1-7H2,(H,25,26)(H,27,28)/p-2. The molecule has 0 aromatic rings. The molecule has 2 atom stereocenters. The maximum Gasteiger partial charge on any atom is 0.0476 e. The van der Waals surface area contributed by atoms with Crippen molar-refractivity contribution in [2.45, 2.75) is 44.2 Å². The number of carbonyl (C=O) groups excluding carboxylic acids is 2. The Morgan fingerprint density at radius 3 is 1.64 bits per heavy atom. The zero-order valence-electron chi connectivity index (χ0n) is 14.6. The molecule has 0 bridgehead atoms. The van der Waals surface area contributed by atoms with E-state index in [0.717, 1.165) is 0 Å². The van der Waals surface area contributed by atoms with Gasteiger partial charge in [-0.3, -0.25) is 0 Å². The summed E-state index contributed by atoms with van der Waals surface area (Å²) in [5, 5.41) is 36.0. The fourth-order valence-corrected chi connectivity index (χ4v) is 2.72. The first-order valence-corrected chi connectivity index (χ1v) is 7.86. The van der Waals surface area contributed by atoms with Crippen LogP contribution in [0.25, 0.3) is 41.8 Å². The highest BCUT2D eigenvalue weighted by molar-refractivity contribution is 5.73. The van der Waals surface area contributed by atoms with Gasteiger partial charge in [-0.15, -0.1) is 0 Å². The molecular formula is C12H16N12O4-2. The summed E-state index contributed by atoms with van der Waals surface area (Å²) < 4.78 is 0. The largest absolute Gasteiger partial charge is 0.550 e. The fourth-order valence-electron chi connectivity index (χ4n) is 2.72. The Kier molecular flexibility index (Phi) is 11.6. The minimum absolute atomic E-state index is 0.120. The van der Waals surface area contributed by atoms with E-state index in [0.29, 0.717) is 0 Å². The van der Waals surface area contributed by atoms with E-state index in [1.165, 1.54) is 0 Å². The highest BCUT2D eigenvalue weighted by Gasteiger charge is 2.36. The van der Waals surface area contributed by atoms with Crippen LogP contribution in [-0.2, 0) is 9.59 Å².